The van der Waals surface area contributed by atoms with Gasteiger partial charge >= 0.3 is 0 Å². The summed E-state index contributed by atoms with van der Waals surface area (Å²) in [6.07, 6.45) is 5.44. The van der Waals surface area contributed by atoms with Crippen molar-refractivity contribution in [2.24, 2.45) is 0 Å². The molecule has 156 valence electrons. The van der Waals surface area contributed by atoms with Crippen LogP contribution in [0.1, 0.15) is 28.8 Å². The third-order valence-corrected chi connectivity index (χ3v) is 5.63. The lowest BCUT2D eigenvalue weighted by Gasteiger charge is -2.34. The van der Waals surface area contributed by atoms with Crippen LogP contribution in [0.15, 0.2) is 60.9 Å². The van der Waals surface area contributed by atoms with E-state index in [4.69, 9.17) is 0 Å². The molecule has 1 fully saturated rings. The molecule has 0 bridgehead atoms. The van der Waals surface area contributed by atoms with Gasteiger partial charge in [-0.05, 0) is 74.3 Å². The maximum atomic E-state index is 13.6. The van der Waals surface area contributed by atoms with Gasteiger partial charge in [-0.15, -0.1) is 5.10 Å². The fourth-order valence-corrected chi connectivity index (χ4v) is 4.04. The third-order valence-electron chi connectivity index (χ3n) is 5.63. The molecule has 8 nitrogen and oxygen atoms in total. The van der Waals surface area contributed by atoms with Crippen molar-refractivity contribution in [3.8, 4) is 5.69 Å². The van der Waals surface area contributed by atoms with Gasteiger partial charge in [0.15, 0.2) is 5.65 Å². The maximum absolute atomic E-state index is 13.6. The second-order valence-electron chi connectivity index (χ2n) is 7.71. The number of carbonyl (C=O) groups is 1. The zero-order valence-electron chi connectivity index (χ0n) is 17.3. The molecule has 1 aliphatic heterocycles. The van der Waals surface area contributed by atoms with Crippen LogP contribution in [-0.2, 0) is 0 Å². The van der Waals surface area contributed by atoms with Crippen molar-refractivity contribution in [1.82, 2.24) is 30.3 Å². The summed E-state index contributed by atoms with van der Waals surface area (Å²) in [5, 5.41) is 11.8. The van der Waals surface area contributed by atoms with Gasteiger partial charge in [-0.3, -0.25) is 9.69 Å². The van der Waals surface area contributed by atoms with E-state index < -0.39 is 0 Å². The molecule has 8 heteroatoms. The van der Waals surface area contributed by atoms with Gasteiger partial charge in [-0.2, -0.15) is 4.68 Å². The fraction of sp³-hybridized carbons (Fsp3) is 0.261. The first-order chi connectivity index (χ1) is 15.2. The van der Waals surface area contributed by atoms with Gasteiger partial charge in [0, 0.05) is 24.5 Å². The Morgan fingerprint density at radius 3 is 2.68 bits per heavy atom. The number of pyridine rings is 2. The Hall–Kier alpha value is -3.65. The van der Waals surface area contributed by atoms with Crippen LogP contribution in [0.5, 0.6) is 0 Å². The molecule has 4 aromatic rings. The van der Waals surface area contributed by atoms with Crippen molar-refractivity contribution in [1.29, 1.82) is 0 Å². The molecule has 31 heavy (non-hydrogen) atoms. The van der Waals surface area contributed by atoms with E-state index in [1.807, 2.05) is 60.4 Å². The van der Waals surface area contributed by atoms with Gasteiger partial charge in [0.1, 0.15) is 11.3 Å². The van der Waals surface area contributed by atoms with Crippen molar-refractivity contribution < 1.29 is 4.79 Å². The predicted octanol–water partition coefficient (Wildman–Crippen LogP) is 2.92. The molecule has 5 rings (SSSR count). The van der Waals surface area contributed by atoms with E-state index in [2.05, 4.69) is 25.6 Å². The van der Waals surface area contributed by atoms with Crippen LogP contribution >= 0.6 is 0 Å². The Morgan fingerprint density at radius 1 is 1.10 bits per heavy atom. The molecule has 0 saturated carbocycles. The maximum Gasteiger partial charge on any atom is 0.259 e. The Morgan fingerprint density at radius 2 is 1.90 bits per heavy atom. The lowest BCUT2D eigenvalue weighted by atomic mass is 10.0. The summed E-state index contributed by atoms with van der Waals surface area (Å²) in [6.45, 7) is 3.73. The van der Waals surface area contributed by atoms with Gasteiger partial charge in [-0.25, -0.2) is 9.97 Å². The zero-order chi connectivity index (χ0) is 21.2. The number of anilines is 1. The Balaban J connectivity index is 1.48. The minimum absolute atomic E-state index is 0.0522. The highest BCUT2D eigenvalue weighted by molar-refractivity contribution is 6.06. The first kappa shape index (κ1) is 19.3. The molecular formula is C23H23N7O. The van der Waals surface area contributed by atoms with Crippen LogP contribution in [0.2, 0.25) is 0 Å². The summed E-state index contributed by atoms with van der Waals surface area (Å²) in [5.41, 5.74) is 3.80. The second kappa shape index (κ2) is 8.23. The minimum atomic E-state index is -0.0522. The highest BCUT2D eigenvalue weighted by Gasteiger charge is 2.29. The molecule has 0 aliphatic carbocycles. The largest absolute Gasteiger partial charge is 0.315 e. The summed E-state index contributed by atoms with van der Waals surface area (Å²) in [6, 6.07) is 15.1. The summed E-state index contributed by atoms with van der Waals surface area (Å²) >= 11 is 0. The summed E-state index contributed by atoms with van der Waals surface area (Å²) < 4.78 is 1.68. The number of aryl methyl sites for hydroxylation is 1. The molecule has 1 N–H and O–H groups in total. The Kier molecular flexibility index (Phi) is 5.13. The second-order valence-corrected chi connectivity index (χ2v) is 7.71. The standard InChI is InChI=1S/C23H23N7O/c1-16-5-2-13-25-21(16)29(19-6-3-12-24-15-19)23(31)17-8-10-18(11-9-17)30-22-20(27-28-30)7-4-14-26-22/h2,4-5,7-11,13-14,19,24H,3,6,12,15H2,1H3/t19-/m1/s1. The first-order valence-corrected chi connectivity index (χ1v) is 10.4. The number of rotatable bonds is 4. The number of piperidine rings is 1. The van der Waals surface area contributed by atoms with Crippen LogP contribution in [-0.4, -0.2) is 50.0 Å². The lowest BCUT2D eigenvalue weighted by Crippen LogP contribution is -2.49. The zero-order valence-corrected chi connectivity index (χ0v) is 17.3. The van der Waals surface area contributed by atoms with Crippen molar-refractivity contribution >= 4 is 22.9 Å². The summed E-state index contributed by atoms with van der Waals surface area (Å²) in [5.74, 6) is 0.667. The van der Waals surface area contributed by atoms with Crippen LogP contribution in [0.3, 0.4) is 0 Å². The molecule has 1 aromatic carbocycles. The molecule has 1 amide bonds. The molecule has 1 saturated heterocycles. The topological polar surface area (TPSA) is 88.8 Å². The van der Waals surface area contributed by atoms with Crippen molar-refractivity contribution in [2.45, 2.75) is 25.8 Å². The molecule has 0 radical (unpaired) electrons. The number of carbonyl (C=O) groups excluding carboxylic acids is 1. The van der Waals surface area contributed by atoms with Crippen LogP contribution in [0.4, 0.5) is 5.82 Å². The molecule has 0 unspecified atom stereocenters. The van der Waals surface area contributed by atoms with E-state index in [1.165, 1.54) is 0 Å². The number of fused-ring (bicyclic) bond motifs is 1. The predicted molar refractivity (Wildman–Crippen MR) is 118 cm³/mol. The van der Waals surface area contributed by atoms with Crippen LogP contribution in [0.25, 0.3) is 16.9 Å². The van der Waals surface area contributed by atoms with Crippen LogP contribution < -0.4 is 10.2 Å². The van der Waals surface area contributed by atoms with Gasteiger partial charge in [0.25, 0.3) is 5.91 Å². The van der Waals surface area contributed by atoms with Crippen molar-refractivity contribution in [3.05, 3.63) is 72.1 Å². The third kappa shape index (κ3) is 3.66. The summed E-state index contributed by atoms with van der Waals surface area (Å²) in [7, 11) is 0. The van der Waals surface area contributed by atoms with E-state index in [1.54, 1.807) is 17.1 Å². The molecule has 4 heterocycles. The fourth-order valence-electron chi connectivity index (χ4n) is 4.04. The number of amides is 1. The monoisotopic (exact) mass is 413 g/mol. The highest BCUT2D eigenvalue weighted by Crippen LogP contribution is 2.25. The minimum Gasteiger partial charge on any atom is -0.315 e. The first-order valence-electron chi connectivity index (χ1n) is 10.4. The number of aromatic nitrogens is 5. The van der Waals surface area contributed by atoms with E-state index in [0.717, 1.165) is 48.5 Å². The average Bonchev–Trinajstić information content (AvgIpc) is 3.25. The Bertz CT molecular complexity index is 1210. The van der Waals surface area contributed by atoms with E-state index in [0.29, 0.717) is 11.2 Å². The number of hydrogen-bond acceptors (Lipinski definition) is 6. The SMILES string of the molecule is Cc1cccnc1N(C(=O)c1ccc(-n2nnc3cccnc32)cc1)[C@@H]1CCCNC1. The van der Waals surface area contributed by atoms with Gasteiger partial charge in [0.2, 0.25) is 0 Å². The normalized spacial score (nSPS) is 16.4. The number of benzene rings is 1. The van der Waals surface area contributed by atoms with Gasteiger partial charge in [-0.1, -0.05) is 11.3 Å². The number of nitrogens with zero attached hydrogens (tertiary/aromatic N) is 6. The van der Waals surface area contributed by atoms with E-state index in [-0.39, 0.29) is 11.9 Å². The highest BCUT2D eigenvalue weighted by atomic mass is 16.2. The van der Waals surface area contributed by atoms with Crippen LogP contribution in [0, 0.1) is 6.92 Å². The average molecular weight is 413 g/mol. The van der Waals surface area contributed by atoms with Gasteiger partial charge < -0.3 is 5.32 Å². The van der Waals surface area contributed by atoms with Gasteiger partial charge in [0.05, 0.1) is 11.7 Å². The quantitative estimate of drug-likeness (QED) is 0.553. The number of nitrogens with one attached hydrogen (secondary N) is 1. The van der Waals surface area contributed by atoms with Crippen molar-refractivity contribution in [3.63, 3.8) is 0 Å². The Labute approximate surface area is 179 Å². The van der Waals surface area contributed by atoms with Crippen molar-refractivity contribution in [2.75, 3.05) is 18.0 Å². The molecule has 1 atom stereocenters. The smallest absolute Gasteiger partial charge is 0.259 e. The van der Waals surface area contributed by atoms with E-state index in [9.17, 15) is 4.79 Å². The number of hydrogen-bond donors (Lipinski definition) is 1. The molecule has 0 spiro atoms. The molecular weight excluding hydrogens is 390 g/mol. The molecule has 3 aromatic heterocycles. The summed E-state index contributed by atoms with van der Waals surface area (Å²) in [4.78, 5) is 24.4. The lowest BCUT2D eigenvalue weighted by molar-refractivity contribution is 0.0971. The molecule has 1 aliphatic rings. The van der Waals surface area contributed by atoms with E-state index >= 15 is 0 Å².